The van der Waals surface area contributed by atoms with Crippen molar-refractivity contribution in [2.45, 2.75) is 27.2 Å². The van der Waals surface area contributed by atoms with Gasteiger partial charge in [0.2, 0.25) is 0 Å². The lowest BCUT2D eigenvalue weighted by Crippen LogP contribution is -1.75. The summed E-state index contributed by atoms with van der Waals surface area (Å²) in [6.07, 6.45) is 4.17. The van der Waals surface area contributed by atoms with Gasteiger partial charge in [-0.3, -0.25) is 4.99 Å². The Morgan fingerprint density at radius 2 is 2.00 bits per heavy atom. The standard InChI is InChI=1S/C7H11N.C2H6/c1-4-7(3)6-8-5-2;1-2/h5-6H,2-4H2,1H3;1-2H3. The summed E-state index contributed by atoms with van der Waals surface area (Å²) in [6, 6.07) is 0. The predicted octanol–water partition coefficient (Wildman–Crippen LogP) is 3.19. The first-order valence-corrected chi connectivity index (χ1v) is 3.63. The van der Waals surface area contributed by atoms with Crippen molar-refractivity contribution in [1.29, 1.82) is 0 Å². The van der Waals surface area contributed by atoms with E-state index < -0.39 is 0 Å². The number of rotatable bonds is 3. The first-order chi connectivity index (χ1) is 4.81. The van der Waals surface area contributed by atoms with E-state index in [0.717, 1.165) is 12.0 Å². The fraction of sp³-hybridized carbons (Fsp3) is 0.444. The minimum Gasteiger partial charge on any atom is -0.265 e. The van der Waals surface area contributed by atoms with E-state index in [1.165, 1.54) is 6.20 Å². The maximum absolute atomic E-state index is 3.78. The summed E-state index contributed by atoms with van der Waals surface area (Å²) in [4.78, 5) is 3.78. The lowest BCUT2D eigenvalue weighted by Gasteiger charge is -1.85. The van der Waals surface area contributed by atoms with Crippen molar-refractivity contribution in [2.75, 3.05) is 0 Å². The molecule has 0 aromatic carbocycles. The Balaban J connectivity index is 0. The molecule has 0 aliphatic carbocycles. The molecule has 0 unspecified atom stereocenters. The van der Waals surface area contributed by atoms with Gasteiger partial charge in [-0.1, -0.05) is 33.9 Å². The molecule has 0 amide bonds. The highest BCUT2D eigenvalue weighted by molar-refractivity contribution is 5.77. The molecule has 0 aromatic heterocycles. The van der Waals surface area contributed by atoms with Crippen molar-refractivity contribution < 1.29 is 0 Å². The zero-order chi connectivity index (χ0) is 8.41. The average molecular weight is 139 g/mol. The minimum atomic E-state index is 0.956. The molecule has 10 heavy (non-hydrogen) atoms. The maximum Gasteiger partial charge on any atom is 0.0293 e. The van der Waals surface area contributed by atoms with Gasteiger partial charge in [0.15, 0.2) is 0 Å². The van der Waals surface area contributed by atoms with Crippen LogP contribution in [0.3, 0.4) is 0 Å². The number of nitrogens with zero attached hydrogens (tertiary/aromatic N) is 1. The first kappa shape index (κ1) is 11.9. The van der Waals surface area contributed by atoms with Crippen LogP contribution in [0.2, 0.25) is 0 Å². The van der Waals surface area contributed by atoms with Crippen molar-refractivity contribution in [2.24, 2.45) is 4.99 Å². The molecule has 0 saturated carbocycles. The van der Waals surface area contributed by atoms with Crippen molar-refractivity contribution in [3.63, 3.8) is 0 Å². The van der Waals surface area contributed by atoms with Gasteiger partial charge in [-0.25, -0.2) is 0 Å². The van der Waals surface area contributed by atoms with Crippen LogP contribution in [0.1, 0.15) is 27.2 Å². The highest BCUT2D eigenvalue weighted by Gasteiger charge is 1.77. The van der Waals surface area contributed by atoms with E-state index in [4.69, 9.17) is 0 Å². The van der Waals surface area contributed by atoms with Crippen molar-refractivity contribution in [3.8, 4) is 0 Å². The quantitative estimate of drug-likeness (QED) is 0.532. The zero-order valence-electron chi connectivity index (χ0n) is 7.22. The minimum absolute atomic E-state index is 0.956. The Hall–Kier alpha value is -0.850. The van der Waals surface area contributed by atoms with Crippen LogP contribution in [-0.4, -0.2) is 6.21 Å². The van der Waals surface area contributed by atoms with E-state index in [9.17, 15) is 0 Å². The van der Waals surface area contributed by atoms with Crippen LogP contribution in [0.5, 0.6) is 0 Å². The topological polar surface area (TPSA) is 12.4 Å². The van der Waals surface area contributed by atoms with Crippen molar-refractivity contribution >= 4 is 6.21 Å². The molecule has 0 spiro atoms. The third kappa shape index (κ3) is 10.2. The Morgan fingerprint density at radius 3 is 2.30 bits per heavy atom. The fourth-order valence-electron chi connectivity index (χ4n) is 0.249. The van der Waals surface area contributed by atoms with E-state index in [1.54, 1.807) is 6.21 Å². The second kappa shape index (κ2) is 11.0. The van der Waals surface area contributed by atoms with Crippen LogP contribution in [0, 0.1) is 0 Å². The molecular formula is C9H17N. The van der Waals surface area contributed by atoms with Gasteiger partial charge in [-0.2, -0.15) is 0 Å². The molecule has 0 heterocycles. The zero-order valence-corrected chi connectivity index (χ0v) is 7.22. The second-order valence-corrected chi connectivity index (χ2v) is 1.47. The average Bonchev–Trinajstić information content (AvgIpc) is 2.04. The molecule has 58 valence electrons. The Kier molecular flexibility index (Phi) is 13.1. The lowest BCUT2D eigenvalue weighted by atomic mass is 10.3. The molecule has 0 aliphatic heterocycles. The van der Waals surface area contributed by atoms with E-state index >= 15 is 0 Å². The lowest BCUT2D eigenvalue weighted by molar-refractivity contribution is 1.19. The SMILES string of the molecule is C=CN=CC(=C)CC.CC. The summed E-state index contributed by atoms with van der Waals surface area (Å²) < 4.78 is 0. The normalized spacial score (nSPS) is 8.30. The molecule has 0 N–H and O–H groups in total. The Labute approximate surface area is 64.2 Å². The molecule has 0 radical (unpaired) electrons. The number of hydrogen-bond acceptors (Lipinski definition) is 1. The van der Waals surface area contributed by atoms with Gasteiger partial charge in [0.1, 0.15) is 0 Å². The van der Waals surface area contributed by atoms with Crippen LogP contribution in [-0.2, 0) is 0 Å². The van der Waals surface area contributed by atoms with Crippen LogP contribution in [0.4, 0.5) is 0 Å². The van der Waals surface area contributed by atoms with Crippen LogP contribution >= 0.6 is 0 Å². The molecule has 1 heteroatoms. The number of allylic oxidation sites excluding steroid dienone is 1. The predicted molar refractivity (Wildman–Crippen MR) is 49.5 cm³/mol. The smallest absolute Gasteiger partial charge is 0.0293 e. The van der Waals surface area contributed by atoms with Crippen molar-refractivity contribution in [1.82, 2.24) is 0 Å². The molecule has 0 rings (SSSR count). The monoisotopic (exact) mass is 139 g/mol. The van der Waals surface area contributed by atoms with Crippen LogP contribution < -0.4 is 0 Å². The van der Waals surface area contributed by atoms with Gasteiger partial charge in [-0.15, -0.1) is 0 Å². The van der Waals surface area contributed by atoms with Gasteiger partial charge < -0.3 is 0 Å². The summed E-state index contributed by atoms with van der Waals surface area (Å²) >= 11 is 0. The third-order valence-electron chi connectivity index (χ3n) is 0.817. The highest BCUT2D eigenvalue weighted by atomic mass is 14.7. The summed E-state index contributed by atoms with van der Waals surface area (Å²) in [5.41, 5.74) is 1.03. The Morgan fingerprint density at radius 1 is 1.50 bits per heavy atom. The van der Waals surface area contributed by atoms with Crippen molar-refractivity contribution in [3.05, 3.63) is 24.9 Å². The van der Waals surface area contributed by atoms with Crippen LogP contribution in [0.25, 0.3) is 0 Å². The van der Waals surface area contributed by atoms with Gasteiger partial charge in [0.25, 0.3) is 0 Å². The number of hydrogen-bond donors (Lipinski definition) is 0. The third-order valence-corrected chi connectivity index (χ3v) is 0.817. The van der Waals surface area contributed by atoms with Gasteiger partial charge in [0.05, 0.1) is 0 Å². The molecule has 1 nitrogen and oxygen atoms in total. The van der Waals surface area contributed by atoms with E-state index in [0.29, 0.717) is 0 Å². The maximum atomic E-state index is 3.78. The summed E-state index contributed by atoms with van der Waals surface area (Å²) in [6.45, 7) is 13.2. The molecular weight excluding hydrogens is 122 g/mol. The highest BCUT2D eigenvalue weighted by Crippen LogP contribution is 1.89. The molecule has 0 saturated heterocycles. The van der Waals surface area contributed by atoms with Gasteiger partial charge >= 0.3 is 0 Å². The largest absolute Gasteiger partial charge is 0.265 e. The Bertz CT molecular complexity index is 112. The van der Waals surface area contributed by atoms with Gasteiger partial charge in [0, 0.05) is 12.4 Å². The van der Waals surface area contributed by atoms with E-state index in [-0.39, 0.29) is 0 Å². The van der Waals surface area contributed by atoms with Gasteiger partial charge in [-0.05, 0) is 12.0 Å². The number of aliphatic imine (C=N–C) groups is 1. The second-order valence-electron chi connectivity index (χ2n) is 1.47. The summed E-state index contributed by atoms with van der Waals surface area (Å²) in [7, 11) is 0. The molecule has 0 atom stereocenters. The molecule has 0 aromatic rings. The van der Waals surface area contributed by atoms with E-state index in [1.807, 2.05) is 20.8 Å². The molecule has 0 aliphatic rings. The molecule has 0 bridgehead atoms. The fourth-order valence-corrected chi connectivity index (χ4v) is 0.249. The van der Waals surface area contributed by atoms with Crippen LogP contribution in [0.15, 0.2) is 29.9 Å². The first-order valence-electron chi connectivity index (χ1n) is 3.63. The molecule has 0 fully saturated rings. The van der Waals surface area contributed by atoms with E-state index in [2.05, 4.69) is 18.2 Å². The summed E-state index contributed by atoms with van der Waals surface area (Å²) in [5, 5.41) is 0. The summed E-state index contributed by atoms with van der Waals surface area (Å²) in [5.74, 6) is 0.